The third-order valence-electron chi connectivity index (χ3n) is 1.45. The normalized spacial score (nSPS) is 9.77. The van der Waals surface area contributed by atoms with Crippen molar-refractivity contribution < 1.29 is 9.53 Å². The van der Waals surface area contributed by atoms with E-state index >= 15 is 0 Å². The maximum absolute atomic E-state index is 10.9. The van der Waals surface area contributed by atoms with E-state index in [0.29, 0.717) is 4.60 Å². The first-order valence-corrected chi connectivity index (χ1v) is 5.10. The summed E-state index contributed by atoms with van der Waals surface area (Å²) in [5.41, 5.74) is 0.815. The largest absolute Gasteiger partial charge is 0.469 e. The number of hydrogen-bond donors (Lipinski definition) is 0. The average molecular weight is 309 g/mol. The minimum absolute atomic E-state index is 0.233. The van der Waals surface area contributed by atoms with E-state index in [9.17, 15) is 4.79 Å². The minimum atomic E-state index is -0.273. The van der Waals surface area contributed by atoms with Gasteiger partial charge in [-0.1, -0.05) is 6.07 Å². The van der Waals surface area contributed by atoms with Crippen molar-refractivity contribution in [3.8, 4) is 0 Å². The molecule has 0 radical (unpaired) electrons. The first kappa shape index (κ1) is 10.7. The minimum Gasteiger partial charge on any atom is -0.469 e. The van der Waals surface area contributed by atoms with Gasteiger partial charge in [-0.25, -0.2) is 4.98 Å². The number of ether oxygens (including phenoxy) is 1. The standard InChI is InChI=1S/C8H7Br2NO2/c1-13-7(12)4-5-2-3-6(9)11-8(5)10/h2-3H,4H2,1H3. The molecule has 0 amide bonds. The summed E-state index contributed by atoms with van der Waals surface area (Å²) in [4.78, 5) is 15.0. The van der Waals surface area contributed by atoms with Gasteiger partial charge >= 0.3 is 5.97 Å². The second-order valence-corrected chi connectivity index (χ2v) is 3.90. The number of esters is 1. The zero-order chi connectivity index (χ0) is 9.84. The predicted molar refractivity (Wildman–Crippen MR) is 55.4 cm³/mol. The Bertz CT molecular complexity index is 328. The highest BCUT2D eigenvalue weighted by atomic mass is 79.9. The second kappa shape index (κ2) is 4.72. The number of carbonyl (C=O) groups is 1. The summed E-state index contributed by atoms with van der Waals surface area (Å²) in [6, 6.07) is 3.60. The molecule has 0 bridgehead atoms. The molecule has 0 saturated carbocycles. The highest BCUT2D eigenvalue weighted by molar-refractivity contribution is 9.11. The monoisotopic (exact) mass is 307 g/mol. The van der Waals surface area contributed by atoms with Crippen LogP contribution < -0.4 is 0 Å². The molecule has 0 aliphatic heterocycles. The molecule has 0 atom stereocenters. The number of halogens is 2. The molecule has 0 aliphatic carbocycles. The summed E-state index contributed by atoms with van der Waals surface area (Å²) in [7, 11) is 1.36. The van der Waals surface area contributed by atoms with E-state index in [2.05, 4.69) is 41.6 Å². The molecular formula is C8H7Br2NO2. The van der Waals surface area contributed by atoms with Crippen LogP contribution in [0.25, 0.3) is 0 Å². The predicted octanol–water partition coefficient (Wildman–Crippen LogP) is 2.32. The van der Waals surface area contributed by atoms with E-state index < -0.39 is 0 Å². The molecule has 0 saturated heterocycles. The van der Waals surface area contributed by atoms with Gasteiger partial charge in [-0.2, -0.15) is 0 Å². The van der Waals surface area contributed by atoms with Gasteiger partial charge in [0, 0.05) is 0 Å². The third-order valence-corrected chi connectivity index (χ3v) is 2.58. The Morgan fingerprint density at radius 2 is 2.23 bits per heavy atom. The van der Waals surface area contributed by atoms with E-state index in [1.165, 1.54) is 7.11 Å². The van der Waals surface area contributed by atoms with Crippen LogP contribution in [-0.4, -0.2) is 18.1 Å². The number of nitrogens with zero attached hydrogens (tertiary/aromatic N) is 1. The number of aromatic nitrogens is 1. The molecular weight excluding hydrogens is 302 g/mol. The molecule has 0 fully saturated rings. The van der Waals surface area contributed by atoms with E-state index in [1.54, 1.807) is 6.07 Å². The Morgan fingerprint density at radius 1 is 1.54 bits per heavy atom. The maximum Gasteiger partial charge on any atom is 0.310 e. The van der Waals surface area contributed by atoms with Crippen molar-refractivity contribution in [3.63, 3.8) is 0 Å². The van der Waals surface area contributed by atoms with Gasteiger partial charge in [0.15, 0.2) is 0 Å². The summed E-state index contributed by atoms with van der Waals surface area (Å²) >= 11 is 6.48. The van der Waals surface area contributed by atoms with Gasteiger partial charge in [0.2, 0.25) is 0 Å². The van der Waals surface area contributed by atoms with Crippen molar-refractivity contribution >= 4 is 37.8 Å². The van der Waals surface area contributed by atoms with Gasteiger partial charge in [0.1, 0.15) is 9.21 Å². The lowest BCUT2D eigenvalue weighted by molar-refractivity contribution is -0.139. The molecule has 0 unspecified atom stereocenters. The van der Waals surface area contributed by atoms with Crippen LogP contribution in [0, 0.1) is 0 Å². The van der Waals surface area contributed by atoms with Crippen LogP contribution in [0.15, 0.2) is 21.3 Å². The van der Waals surface area contributed by atoms with E-state index in [1.807, 2.05) is 6.07 Å². The van der Waals surface area contributed by atoms with Crippen LogP contribution in [0.3, 0.4) is 0 Å². The SMILES string of the molecule is COC(=O)Cc1ccc(Br)nc1Br. The molecule has 70 valence electrons. The molecule has 5 heteroatoms. The second-order valence-electron chi connectivity index (χ2n) is 2.34. The van der Waals surface area contributed by atoms with Gasteiger partial charge in [-0.15, -0.1) is 0 Å². The summed E-state index contributed by atoms with van der Waals surface area (Å²) < 4.78 is 5.93. The lowest BCUT2D eigenvalue weighted by Gasteiger charge is -2.02. The lowest BCUT2D eigenvalue weighted by Crippen LogP contribution is -2.05. The van der Waals surface area contributed by atoms with Crippen molar-refractivity contribution in [1.82, 2.24) is 4.98 Å². The molecule has 3 nitrogen and oxygen atoms in total. The molecule has 1 aromatic heterocycles. The van der Waals surface area contributed by atoms with Crippen LogP contribution in [0.2, 0.25) is 0 Å². The Hall–Kier alpha value is -0.420. The number of carbonyl (C=O) groups excluding carboxylic acids is 1. The van der Waals surface area contributed by atoms with Crippen LogP contribution >= 0.6 is 31.9 Å². The molecule has 0 N–H and O–H groups in total. The third kappa shape index (κ3) is 3.08. The summed E-state index contributed by atoms with van der Waals surface area (Å²) in [6.45, 7) is 0. The smallest absolute Gasteiger partial charge is 0.310 e. The van der Waals surface area contributed by atoms with Gasteiger partial charge < -0.3 is 4.74 Å². The lowest BCUT2D eigenvalue weighted by atomic mass is 10.2. The van der Waals surface area contributed by atoms with Gasteiger partial charge in [-0.05, 0) is 43.5 Å². The Kier molecular flexibility index (Phi) is 3.87. The maximum atomic E-state index is 10.9. The molecule has 0 spiro atoms. The number of methoxy groups -OCH3 is 1. The Balaban J connectivity index is 2.83. The molecule has 0 aromatic carbocycles. The average Bonchev–Trinajstić information content (AvgIpc) is 2.09. The molecule has 1 rings (SSSR count). The number of pyridine rings is 1. The molecule has 1 aromatic rings. The van der Waals surface area contributed by atoms with Crippen LogP contribution in [0.5, 0.6) is 0 Å². The fourth-order valence-corrected chi connectivity index (χ4v) is 1.81. The molecule has 1 heterocycles. The summed E-state index contributed by atoms with van der Waals surface area (Å²) in [5, 5.41) is 0. The highest BCUT2D eigenvalue weighted by Crippen LogP contribution is 2.18. The first-order valence-electron chi connectivity index (χ1n) is 3.51. The topological polar surface area (TPSA) is 39.2 Å². The van der Waals surface area contributed by atoms with Crippen molar-refractivity contribution in [2.45, 2.75) is 6.42 Å². The summed E-state index contributed by atoms with van der Waals surface area (Å²) in [6.07, 6.45) is 0.233. The van der Waals surface area contributed by atoms with E-state index in [-0.39, 0.29) is 12.4 Å². The summed E-state index contributed by atoms with van der Waals surface area (Å²) in [5.74, 6) is -0.273. The van der Waals surface area contributed by atoms with Gasteiger partial charge in [-0.3, -0.25) is 4.79 Å². The van der Waals surface area contributed by atoms with Crippen molar-refractivity contribution in [1.29, 1.82) is 0 Å². The highest BCUT2D eigenvalue weighted by Gasteiger charge is 2.07. The van der Waals surface area contributed by atoms with Crippen LogP contribution in [-0.2, 0) is 16.0 Å². The zero-order valence-corrected chi connectivity index (χ0v) is 10.1. The van der Waals surface area contributed by atoms with E-state index in [4.69, 9.17) is 0 Å². The van der Waals surface area contributed by atoms with Crippen LogP contribution in [0.4, 0.5) is 0 Å². The zero-order valence-electron chi connectivity index (χ0n) is 6.88. The molecule has 0 aliphatic rings. The van der Waals surface area contributed by atoms with Crippen molar-refractivity contribution in [3.05, 3.63) is 26.9 Å². The quantitative estimate of drug-likeness (QED) is 0.622. The van der Waals surface area contributed by atoms with Gasteiger partial charge in [0.05, 0.1) is 13.5 Å². The number of rotatable bonds is 2. The fraction of sp³-hybridized carbons (Fsp3) is 0.250. The van der Waals surface area contributed by atoms with E-state index in [0.717, 1.165) is 10.2 Å². The fourth-order valence-electron chi connectivity index (χ4n) is 0.800. The van der Waals surface area contributed by atoms with Crippen LogP contribution in [0.1, 0.15) is 5.56 Å². The Labute approximate surface area is 92.8 Å². The van der Waals surface area contributed by atoms with Crippen molar-refractivity contribution in [2.24, 2.45) is 0 Å². The van der Waals surface area contributed by atoms with Gasteiger partial charge in [0.25, 0.3) is 0 Å². The first-order chi connectivity index (χ1) is 6.13. The Morgan fingerprint density at radius 3 is 2.77 bits per heavy atom. The van der Waals surface area contributed by atoms with Crippen molar-refractivity contribution in [2.75, 3.05) is 7.11 Å². The molecule has 13 heavy (non-hydrogen) atoms. The number of hydrogen-bond acceptors (Lipinski definition) is 3.